The van der Waals surface area contributed by atoms with Crippen molar-refractivity contribution < 1.29 is 4.79 Å². The number of nitrogens with one attached hydrogen (secondary N) is 2. The third-order valence-electron chi connectivity index (χ3n) is 7.01. The first-order valence-corrected chi connectivity index (χ1v) is 11.3. The van der Waals surface area contributed by atoms with Crippen LogP contribution < -0.4 is 20.4 Å². The number of hydrogen-bond acceptors (Lipinski definition) is 5. The lowest BCUT2D eigenvalue weighted by Crippen LogP contribution is -2.58. The van der Waals surface area contributed by atoms with Crippen molar-refractivity contribution in [2.24, 2.45) is 0 Å². The summed E-state index contributed by atoms with van der Waals surface area (Å²) in [6.07, 6.45) is 0.847. The molecule has 0 aromatic heterocycles. The molecule has 2 unspecified atom stereocenters. The molecule has 4 bridgehead atoms. The molecule has 0 amide bonds. The molecule has 5 nitrogen and oxygen atoms in total. The van der Waals surface area contributed by atoms with E-state index in [0.29, 0.717) is 5.56 Å². The number of aldehydes is 1. The summed E-state index contributed by atoms with van der Waals surface area (Å²) in [5, 5.41) is 7.53. The molecule has 5 heteroatoms. The predicted octanol–water partition coefficient (Wildman–Crippen LogP) is 6.07. The standard InChI is InChI=1S/C28H22N4O/c33-17-18-9-1-5-13-22(18)29-26-20-11-3-7-15-24(20)32-27-21-12-4-8-16-25(21)31(26)28(32)19-10-2-6-14-23(19)30-27/h1-17,26-30H/t26?,27-,28?/m0/s1. The smallest absolute Gasteiger partial charge is 0.152 e. The van der Waals surface area contributed by atoms with Gasteiger partial charge in [-0.2, -0.15) is 0 Å². The van der Waals surface area contributed by atoms with E-state index >= 15 is 0 Å². The number of carbonyl (C=O) groups excluding carboxylic acids is 1. The van der Waals surface area contributed by atoms with Crippen LogP contribution in [0.2, 0.25) is 0 Å². The van der Waals surface area contributed by atoms with E-state index in [0.717, 1.165) is 17.7 Å². The van der Waals surface area contributed by atoms with Crippen molar-refractivity contribution >= 4 is 29.0 Å². The van der Waals surface area contributed by atoms with E-state index in [9.17, 15) is 4.79 Å². The van der Waals surface area contributed by atoms with Crippen LogP contribution in [-0.4, -0.2) is 6.29 Å². The van der Waals surface area contributed by atoms with Gasteiger partial charge >= 0.3 is 0 Å². The van der Waals surface area contributed by atoms with Crippen LogP contribution in [0.15, 0.2) is 97.1 Å². The molecule has 0 saturated heterocycles. The van der Waals surface area contributed by atoms with Crippen LogP contribution in [0.3, 0.4) is 0 Å². The van der Waals surface area contributed by atoms with Gasteiger partial charge in [0, 0.05) is 45.0 Å². The Labute approximate surface area is 192 Å². The van der Waals surface area contributed by atoms with Crippen molar-refractivity contribution in [2.75, 3.05) is 20.4 Å². The Morgan fingerprint density at radius 3 is 2.15 bits per heavy atom. The highest BCUT2D eigenvalue weighted by atomic mass is 16.1. The van der Waals surface area contributed by atoms with Gasteiger partial charge in [0.1, 0.15) is 18.5 Å². The minimum absolute atomic E-state index is 0.0261. The van der Waals surface area contributed by atoms with Crippen LogP contribution in [0.25, 0.3) is 0 Å². The summed E-state index contributed by atoms with van der Waals surface area (Å²) in [5.41, 5.74) is 8.72. The largest absolute Gasteiger partial charge is 0.361 e. The molecule has 4 aromatic carbocycles. The second-order valence-corrected chi connectivity index (χ2v) is 8.69. The molecule has 3 atom stereocenters. The molecule has 33 heavy (non-hydrogen) atoms. The third kappa shape index (κ3) is 2.50. The van der Waals surface area contributed by atoms with Gasteiger partial charge in [-0.3, -0.25) is 4.79 Å². The highest BCUT2D eigenvalue weighted by Crippen LogP contribution is 2.58. The van der Waals surface area contributed by atoms with Crippen LogP contribution >= 0.6 is 0 Å². The molecule has 3 heterocycles. The van der Waals surface area contributed by atoms with Crippen LogP contribution in [-0.2, 0) is 0 Å². The maximum absolute atomic E-state index is 11.8. The van der Waals surface area contributed by atoms with Gasteiger partial charge in [-0.05, 0) is 30.3 Å². The minimum atomic E-state index is -0.142. The molecule has 0 radical (unpaired) electrons. The lowest BCUT2D eigenvalue weighted by atomic mass is 9.88. The first-order valence-electron chi connectivity index (χ1n) is 11.3. The Bertz CT molecular complexity index is 1400. The number of hydrogen-bond donors (Lipinski definition) is 2. The van der Waals surface area contributed by atoms with E-state index in [1.807, 2.05) is 24.3 Å². The molecule has 4 aromatic rings. The lowest BCUT2D eigenvalue weighted by molar-refractivity contribution is 0.112. The van der Waals surface area contributed by atoms with E-state index < -0.39 is 0 Å². The molecule has 0 aliphatic carbocycles. The van der Waals surface area contributed by atoms with Gasteiger partial charge < -0.3 is 20.4 Å². The summed E-state index contributed by atoms with van der Waals surface area (Å²) in [5.74, 6) is 0. The van der Waals surface area contributed by atoms with Gasteiger partial charge in [0.05, 0.1) is 0 Å². The number of fused-ring (bicyclic) bond motifs is 5. The van der Waals surface area contributed by atoms with E-state index in [1.54, 1.807) is 0 Å². The Hall–Kier alpha value is -4.25. The van der Waals surface area contributed by atoms with E-state index in [4.69, 9.17) is 0 Å². The monoisotopic (exact) mass is 430 g/mol. The molecule has 3 aliphatic rings. The molecular formula is C28H22N4O. The van der Waals surface area contributed by atoms with Gasteiger partial charge in [0.2, 0.25) is 0 Å². The zero-order valence-electron chi connectivity index (χ0n) is 17.8. The second-order valence-electron chi connectivity index (χ2n) is 8.69. The number of rotatable bonds is 3. The summed E-state index contributed by atoms with van der Waals surface area (Å²) in [6.45, 7) is 0. The Morgan fingerprint density at radius 1 is 0.697 bits per heavy atom. The Morgan fingerprint density at radius 2 is 1.33 bits per heavy atom. The average molecular weight is 431 g/mol. The number of anilines is 4. The van der Waals surface area contributed by atoms with Crippen LogP contribution in [0.5, 0.6) is 0 Å². The second kappa shape index (κ2) is 6.87. The van der Waals surface area contributed by atoms with Gasteiger partial charge in [0.25, 0.3) is 0 Å². The fourth-order valence-electron chi connectivity index (χ4n) is 5.64. The normalized spacial score (nSPS) is 21.3. The van der Waals surface area contributed by atoms with E-state index in [-0.39, 0.29) is 18.5 Å². The quantitative estimate of drug-likeness (QED) is 0.386. The first-order chi connectivity index (χ1) is 16.3. The molecule has 7 rings (SSSR count). The molecule has 0 fully saturated rings. The molecule has 0 saturated carbocycles. The lowest BCUT2D eigenvalue weighted by Gasteiger charge is -2.60. The Balaban J connectivity index is 1.50. The fraction of sp³-hybridized carbons (Fsp3) is 0.107. The maximum Gasteiger partial charge on any atom is 0.152 e. The fourth-order valence-corrected chi connectivity index (χ4v) is 5.64. The van der Waals surface area contributed by atoms with Gasteiger partial charge in [0.15, 0.2) is 6.29 Å². The maximum atomic E-state index is 11.8. The molecule has 0 spiro atoms. The zero-order chi connectivity index (χ0) is 21.9. The summed E-state index contributed by atoms with van der Waals surface area (Å²) in [4.78, 5) is 16.8. The van der Waals surface area contributed by atoms with Crippen molar-refractivity contribution in [2.45, 2.75) is 18.5 Å². The average Bonchev–Trinajstić information content (AvgIpc) is 2.88. The SMILES string of the molecule is O=Cc1ccccc1NC1c2ccccc2N2C3c4ccccc4N[C@@H]2c2ccccc2N13. The van der Waals surface area contributed by atoms with E-state index in [1.165, 1.54) is 28.1 Å². The highest BCUT2D eigenvalue weighted by molar-refractivity contribution is 5.85. The predicted molar refractivity (Wildman–Crippen MR) is 132 cm³/mol. The van der Waals surface area contributed by atoms with Gasteiger partial charge in [-0.1, -0.05) is 66.7 Å². The summed E-state index contributed by atoms with van der Waals surface area (Å²) in [7, 11) is 0. The van der Waals surface area contributed by atoms with Crippen LogP contribution in [0, 0.1) is 0 Å². The third-order valence-corrected chi connectivity index (χ3v) is 7.01. The molecule has 2 N–H and O–H groups in total. The van der Waals surface area contributed by atoms with Crippen molar-refractivity contribution in [3.8, 4) is 0 Å². The number of carbonyl (C=O) groups is 1. The van der Waals surface area contributed by atoms with Crippen molar-refractivity contribution in [3.05, 3.63) is 119 Å². The van der Waals surface area contributed by atoms with Crippen LogP contribution in [0.4, 0.5) is 22.7 Å². The number of para-hydroxylation sites is 4. The van der Waals surface area contributed by atoms with Gasteiger partial charge in [-0.15, -0.1) is 0 Å². The summed E-state index contributed by atoms with van der Waals surface area (Å²) >= 11 is 0. The summed E-state index contributed by atoms with van der Waals surface area (Å²) < 4.78 is 0. The van der Waals surface area contributed by atoms with Gasteiger partial charge in [-0.25, -0.2) is 0 Å². The van der Waals surface area contributed by atoms with Crippen molar-refractivity contribution in [3.63, 3.8) is 0 Å². The minimum Gasteiger partial charge on any atom is -0.361 e. The van der Waals surface area contributed by atoms with Crippen molar-refractivity contribution in [1.29, 1.82) is 0 Å². The van der Waals surface area contributed by atoms with Crippen molar-refractivity contribution in [1.82, 2.24) is 0 Å². The molecule has 160 valence electrons. The summed E-state index contributed by atoms with van der Waals surface area (Å²) in [6, 6.07) is 33.5. The molecule has 3 aliphatic heterocycles. The number of nitrogens with zero attached hydrogens (tertiary/aromatic N) is 2. The topological polar surface area (TPSA) is 47.6 Å². The molecular weight excluding hydrogens is 408 g/mol. The Kier molecular flexibility index (Phi) is 3.82. The highest BCUT2D eigenvalue weighted by Gasteiger charge is 2.50. The number of benzene rings is 4. The van der Waals surface area contributed by atoms with E-state index in [2.05, 4.69) is 93.2 Å². The zero-order valence-corrected chi connectivity index (χ0v) is 17.8. The first kappa shape index (κ1) is 18.3. The van der Waals surface area contributed by atoms with Crippen LogP contribution in [0.1, 0.15) is 45.5 Å².